The number of benzene rings is 2. The van der Waals surface area contributed by atoms with Gasteiger partial charge in [0.2, 0.25) is 0 Å². The SMILES string of the molecule is CS(=O)(=O)c1cccc(S(=O)(=O)Nc2ccc(NC(=O)N3CCCCCC3)cc2)c1. The maximum absolute atomic E-state index is 12.6. The lowest BCUT2D eigenvalue weighted by Gasteiger charge is -2.20. The molecule has 1 aliphatic rings. The molecule has 3 rings (SSSR count). The standard InChI is InChI=1S/C20H25N3O5S2/c1-29(25,26)18-7-6-8-19(15-18)30(27,28)22-17-11-9-16(10-12-17)21-20(24)23-13-4-2-3-5-14-23/h6-12,15,22H,2-5,13-14H2,1H3,(H,21,24). The van der Waals surface area contributed by atoms with E-state index in [2.05, 4.69) is 10.0 Å². The van der Waals surface area contributed by atoms with E-state index in [4.69, 9.17) is 0 Å². The molecule has 8 nitrogen and oxygen atoms in total. The van der Waals surface area contributed by atoms with Gasteiger partial charge < -0.3 is 10.2 Å². The molecule has 1 aliphatic heterocycles. The Labute approximate surface area is 177 Å². The number of urea groups is 1. The third-order valence-electron chi connectivity index (χ3n) is 4.83. The molecule has 30 heavy (non-hydrogen) atoms. The van der Waals surface area contributed by atoms with Gasteiger partial charge in [0, 0.05) is 30.7 Å². The first-order valence-electron chi connectivity index (χ1n) is 9.64. The number of hydrogen-bond donors (Lipinski definition) is 2. The third kappa shape index (κ3) is 5.73. The number of carbonyl (C=O) groups excluding carboxylic acids is 1. The van der Waals surface area contributed by atoms with Crippen molar-refractivity contribution in [2.24, 2.45) is 0 Å². The fourth-order valence-electron chi connectivity index (χ4n) is 3.18. The summed E-state index contributed by atoms with van der Waals surface area (Å²) >= 11 is 0. The number of nitrogens with zero attached hydrogens (tertiary/aromatic N) is 1. The van der Waals surface area contributed by atoms with E-state index in [0.29, 0.717) is 11.4 Å². The van der Waals surface area contributed by atoms with Crippen LogP contribution in [0.5, 0.6) is 0 Å². The number of hydrogen-bond acceptors (Lipinski definition) is 5. The van der Waals surface area contributed by atoms with Gasteiger partial charge in [0.05, 0.1) is 9.79 Å². The first kappa shape index (κ1) is 22.1. The summed E-state index contributed by atoms with van der Waals surface area (Å²) in [5.41, 5.74) is 0.860. The lowest BCUT2D eigenvalue weighted by molar-refractivity contribution is 0.214. The van der Waals surface area contributed by atoms with Crippen LogP contribution in [0.4, 0.5) is 16.2 Å². The molecule has 0 spiro atoms. The molecule has 0 unspecified atom stereocenters. The summed E-state index contributed by atoms with van der Waals surface area (Å²) < 4.78 is 51.0. The first-order valence-corrected chi connectivity index (χ1v) is 13.0. The van der Waals surface area contributed by atoms with E-state index >= 15 is 0 Å². The van der Waals surface area contributed by atoms with Gasteiger partial charge in [0.25, 0.3) is 10.0 Å². The Morgan fingerprint density at radius 2 is 1.40 bits per heavy atom. The van der Waals surface area contributed by atoms with Crippen molar-refractivity contribution < 1.29 is 21.6 Å². The predicted molar refractivity (Wildman–Crippen MR) is 116 cm³/mol. The molecule has 0 aromatic heterocycles. The number of nitrogens with one attached hydrogen (secondary N) is 2. The van der Waals surface area contributed by atoms with E-state index in [0.717, 1.165) is 51.1 Å². The van der Waals surface area contributed by atoms with Gasteiger partial charge in [-0.05, 0) is 55.3 Å². The smallest absolute Gasteiger partial charge is 0.321 e. The first-order chi connectivity index (χ1) is 14.1. The summed E-state index contributed by atoms with van der Waals surface area (Å²) in [6.07, 6.45) is 5.27. The second kappa shape index (κ2) is 9.05. The van der Waals surface area contributed by atoms with Crippen LogP contribution in [0.2, 0.25) is 0 Å². The zero-order valence-corrected chi connectivity index (χ0v) is 18.3. The van der Waals surface area contributed by atoms with Crippen molar-refractivity contribution in [1.82, 2.24) is 4.90 Å². The van der Waals surface area contributed by atoms with Crippen molar-refractivity contribution in [2.45, 2.75) is 35.5 Å². The van der Waals surface area contributed by atoms with Crippen LogP contribution >= 0.6 is 0 Å². The lowest BCUT2D eigenvalue weighted by Crippen LogP contribution is -2.35. The van der Waals surface area contributed by atoms with Crippen LogP contribution in [0, 0.1) is 0 Å². The van der Waals surface area contributed by atoms with Gasteiger partial charge in [-0.3, -0.25) is 4.72 Å². The molecular weight excluding hydrogens is 426 g/mol. The molecular formula is C20H25N3O5S2. The van der Waals surface area contributed by atoms with Crippen LogP contribution in [0.1, 0.15) is 25.7 Å². The Bertz CT molecular complexity index is 1110. The zero-order chi connectivity index (χ0) is 21.8. The number of rotatable bonds is 5. The van der Waals surface area contributed by atoms with Crippen molar-refractivity contribution in [3.05, 3.63) is 48.5 Å². The highest BCUT2D eigenvalue weighted by Gasteiger charge is 2.18. The quantitative estimate of drug-likeness (QED) is 0.724. The highest BCUT2D eigenvalue weighted by Crippen LogP contribution is 2.21. The summed E-state index contributed by atoms with van der Waals surface area (Å²) in [4.78, 5) is 14.0. The van der Waals surface area contributed by atoms with Gasteiger partial charge in [0.15, 0.2) is 9.84 Å². The Hall–Kier alpha value is -2.59. The molecule has 2 aromatic rings. The van der Waals surface area contributed by atoms with Crippen LogP contribution in [0.3, 0.4) is 0 Å². The molecule has 2 aromatic carbocycles. The fourth-order valence-corrected chi connectivity index (χ4v) is 5.03. The number of sulfone groups is 1. The van der Waals surface area contributed by atoms with Gasteiger partial charge in [-0.15, -0.1) is 0 Å². The largest absolute Gasteiger partial charge is 0.325 e. The van der Waals surface area contributed by atoms with E-state index in [1.54, 1.807) is 17.0 Å². The highest BCUT2D eigenvalue weighted by atomic mass is 32.2. The number of amides is 2. The molecule has 0 bridgehead atoms. The number of likely N-dealkylation sites (tertiary alicyclic amines) is 1. The van der Waals surface area contributed by atoms with Crippen molar-refractivity contribution in [3.63, 3.8) is 0 Å². The molecule has 2 N–H and O–H groups in total. The van der Waals surface area contributed by atoms with Gasteiger partial charge in [-0.25, -0.2) is 21.6 Å². The Morgan fingerprint density at radius 3 is 2.00 bits per heavy atom. The Kier molecular flexibility index (Phi) is 6.67. The summed E-state index contributed by atoms with van der Waals surface area (Å²) in [5, 5.41) is 2.83. The van der Waals surface area contributed by atoms with E-state index in [1.807, 2.05) is 0 Å². The van der Waals surface area contributed by atoms with E-state index in [-0.39, 0.29) is 15.8 Å². The molecule has 1 fully saturated rings. The van der Waals surface area contributed by atoms with Crippen LogP contribution < -0.4 is 10.0 Å². The zero-order valence-electron chi connectivity index (χ0n) is 16.7. The van der Waals surface area contributed by atoms with Crippen LogP contribution in [-0.2, 0) is 19.9 Å². The lowest BCUT2D eigenvalue weighted by atomic mass is 10.2. The average molecular weight is 452 g/mol. The predicted octanol–water partition coefficient (Wildman–Crippen LogP) is 3.30. The van der Waals surface area contributed by atoms with Crippen molar-refractivity contribution in [2.75, 3.05) is 29.4 Å². The van der Waals surface area contributed by atoms with Crippen LogP contribution in [-0.4, -0.2) is 47.1 Å². The summed E-state index contributed by atoms with van der Waals surface area (Å²) in [5.74, 6) is 0. The third-order valence-corrected chi connectivity index (χ3v) is 7.31. The van der Waals surface area contributed by atoms with Gasteiger partial charge in [-0.1, -0.05) is 18.9 Å². The minimum atomic E-state index is -3.96. The van der Waals surface area contributed by atoms with Gasteiger partial charge >= 0.3 is 6.03 Å². The van der Waals surface area contributed by atoms with Gasteiger partial charge in [-0.2, -0.15) is 0 Å². The van der Waals surface area contributed by atoms with Crippen molar-refractivity contribution in [1.29, 1.82) is 0 Å². The van der Waals surface area contributed by atoms with Crippen LogP contribution in [0.25, 0.3) is 0 Å². The molecule has 2 amide bonds. The van der Waals surface area contributed by atoms with Crippen molar-refractivity contribution >= 4 is 37.3 Å². The van der Waals surface area contributed by atoms with Crippen molar-refractivity contribution in [3.8, 4) is 0 Å². The Morgan fingerprint density at radius 1 is 0.833 bits per heavy atom. The molecule has 10 heteroatoms. The minimum Gasteiger partial charge on any atom is -0.325 e. The molecule has 0 radical (unpaired) electrons. The molecule has 0 atom stereocenters. The fraction of sp³-hybridized carbons (Fsp3) is 0.350. The Balaban J connectivity index is 1.68. The molecule has 162 valence electrons. The summed E-state index contributed by atoms with van der Waals surface area (Å²) in [7, 11) is -7.49. The normalized spacial score (nSPS) is 15.3. The second-order valence-electron chi connectivity index (χ2n) is 7.26. The summed E-state index contributed by atoms with van der Waals surface area (Å²) in [6.45, 7) is 1.46. The molecule has 1 heterocycles. The maximum atomic E-state index is 12.6. The number of carbonyl (C=O) groups is 1. The maximum Gasteiger partial charge on any atom is 0.321 e. The molecule has 0 saturated carbocycles. The van der Waals surface area contributed by atoms with E-state index in [9.17, 15) is 21.6 Å². The molecule has 0 aliphatic carbocycles. The molecule has 1 saturated heterocycles. The monoisotopic (exact) mass is 451 g/mol. The number of anilines is 2. The van der Waals surface area contributed by atoms with Crippen LogP contribution in [0.15, 0.2) is 58.3 Å². The number of sulfonamides is 1. The van der Waals surface area contributed by atoms with E-state index in [1.165, 1.54) is 30.3 Å². The minimum absolute atomic E-state index is 0.0723. The topological polar surface area (TPSA) is 113 Å². The summed E-state index contributed by atoms with van der Waals surface area (Å²) in [6, 6.07) is 11.3. The second-order valence-corrected chi connectivity index (χ2v) is 11.0. The average Bonchev–Trinajstić information content (AvgIpc) is 2.98. The van der Waals surface area contributed by atoms with Gasteiger partial charge in [0.1, 0.15) is 0 Å². The van der Waals surface area contributed by atoms with E-state index < -0.39 is 19.9 Å². The highest BCUT2D eigenvalue weighted by molar-refractivity contribution is 7.93.